The third-order valence-electron chi connectivity index (χ3n) is 5.98. The second-order valence-corrected chi connectivity index (χ2v) is 11.5. The van der Waals surface area contributed by atoms with Crippen molar-refractivity contribution in [3.8, 4) is 5.75 Å². The third-order valence-corrected chi connectivity index (χ3v) is 7.39. The van der Waals surface area contributed by atoms with Gasteiger partial charge in [0.2, 0.25) is 5.95 Å². The fourth-order valence-electron chi connectivity index (χ4n) is 4.03. The Labute approximate surface area is 207 Å². The molecule has 1 aromatic heterocycles. The number of anilines is 4. The second-order valence-electron chi connectivity index (χ2n) is 9.81. The maximum absolute atomic E-state index is 13.2. The summed E-state index contributed by atoms with van der Waals surface area (Å²) in [6.07, 6.45) is 2.35. The first-order chi connectivity index (χ1) is 16.5. The standard InChI is InChI=1S/C26H33N5O3S/c1-18-16-24(31-14-6-7-15-31)29-25(27-18)28-20-9-11-21(12-10-20)30-35(32,33)23-17-19(26(2,3)4)8-13-22(23)34-5/h8-13,16-17,30H,6-7,14-15H2,1-5H3,(H,27,28,29). The van der Waals surface area contributed by atoms with Gasteiger partial charge in [0.1, 0.15) is 16.5 Å². The minimum Gasteiger partial charge on any atom is -0.495 e. The third kappa shape index (κ3) is 5.85. The Bertz CT molecular complexity index is 1300. The minimum atomic E-state index is -3.86. The maximum atomic E-state index is 13.2. The SMILES string of the molecule is COc1ccc(C(C)(C)C)cc1S(=O)(=O)Nc1ccc(Nc2nc(C)cc(N3CCCC3)n2)cc1. The van der Waals surface area contributed by atoms with E-state index in [1.54, 1.807) is 36.4 Å². The quantitative estimate of drug-likeness (QED) is 0.463. The Morgan fingerprint density at radius 1 is 0.943 bits per heavy atom. The van der Waals surface area contributed by atoms with Crippen LogP contribution in [0.2, 0.25) is 0 Å². The molecule has 0 aliphatic carbocycles. The van der Waals surface area contributed by atoms with Gasteiger partial charge in [0.05, 0.1) is 7.11 Å². The first-order valence-corrected chi connectivity index (χ1v) is 13.2. The van der Waals surface area contributed by atoms with Crippen LogP contribution >= 0.6 is 0 Å². The number of aryl methyl sites for hydroxylation is 1. The van der Waals surface area contributed by atoms with E-state index in [-0.39, 0.29) is 10.3 Å². The molecule has 1 fully saturated rings. The van der Waals surface area contributed by atoms with Crippen LogP contribution in [0.25, 0.3) is 0 Å². The molecule has 8 nitrogen and oxygen atoms in total. The highest BCUT2D eigenvalue weighted by atomic mass is 32.2. The van der Waals surface area contributed by atoms with E-state index < -0.39 is 10.0 Å². The number of sulfonamides is 1. The largest absolute Gasteiger partial charge is 0.495 e. The number of hydrogen-bond donors (Lipinski definition) is 2. The number of methoxy groups -OCH3 is 1. The summed E-state index contributed by atoms with van der Waals surface area (Å²) < 4.78 is 34.4. The van der Waals surface area contributed by atoms with Crippen LogP contribution in [0.5, 0.6) is 5.75 Å². The number of hydrogen-bond acceptors (Lipinski definition) is 7. The zero-order valence-corrected chi connectivity index (χ0v) is 21.7. The molecule has 0 unspecified atom stereocenters. The van der Waals surface area contributed by atoms with Crippen LogP contribution in [0.15, 0.2) is 53.4 Å². The van der Waals surface area contributed by atoms with Crippen molar-refractivity contribution in [2.24, 2.45) is 0 Å². The predicted octanol–water partition coefficient (Wildman–Crippen LogP) is 5.24. The highest BCUT2D eigenvalue weighted by molar-refractivity contribution is 7.92. The summed E-state index contributed by atoms with van der Waals surface area (Å²) in [5.74, 6) is 1.74. The van der Waals surface area contributed by atoms with Gasteiger partial charge in [0.15, 0.2) is 0 Å². The Kier molecular flexibility index (Phi) is 6.89. The van der Waals surface area contributed by atoms with E-state index in [1.807, 2.05) is 39.8 Å². The molecule has 1 aliphatic rings. The molecule has 0 bridgehead atoms. The fraction of sp³-hybridized carbons (Fsp3) is 0.385. The number of ether oxygens (including phenoxy) is 1. The number of nitrogens with zero attached hydrogens (tertiary/aromatic N) is 3. The molecule has 35 heavy (non-hydrogen) atoms. The normalized spacial score (nSPS) is 14.1. The van der Waals surface area contributed by atoms with E-state index in [9.17, 15) is 8.42 Å². The van der Waals surface area contributed by atoms with Crippen molar-refractivity contribution in [3.63, 3.8) is 0 Å². The molecular formula is C26H33N5O3S. The van der Waals surface area contributed by atoms with Crippen LogP contribution in [0, 0.1) is 6.92 Å². The van der Waals surface area contributed by atoms with Crippen LogP contribution in [0.3, 0.4) is 0 Å². The van der Waals surface area contributed by atoms with Gasteiger partial charge < -0.3 is 15.0 Å². The number of nitrogens with one attached hydrogen (secondary N) is 2. The summed E-state index contributed by atoms with van der Waals surface area (Å²) in [4.78, 5) is 11.5. The minimum absolute atomic E-state index is 0.109. The molecule has 1 saturated heterocycles. The molecule has 0 amide bonds. The molecular weight excluding hydrogens is 462 g/mol. The fourth-order valence-corrected chi connectivity index (χ4v) is 5.28. The Balaban J connectivity index is 1.52. The zero-order chi connectivity index (χ0) is 25.2. The van der Waals surface area contributed by atoms with Gasteiger partial charge in [0.25, 0.3) is 10.0 Å². The molecule has 0 saturated carbocycles. The lowest BCUT2D eigenvalue weighted by Crippen LogP contribution is -2.19. The van der Waals surface area contributed by atoms with Crippen molar-refractivity contribution in [1.82, 2.24) is 9.97 Å². The average molecular weight is 496 g/mol. The molecule has 3 aromatic rings. The zero-order valence-electron chi connectivity index (χ0n) is 20.9. The van der Waals surface area contributed by atoms with Crippen molar-refractivity contribution in [2.75, 3.05) is 35.1 Å². The maximum Gasteiger partial charge on any atom is 0.265 e. The average Bonchev–Trinajstić information content (AvgIpc) is 3.34. The van der Waals surface area contributed by atoms with E-state index in [0.717, 1.165) is 35.9 Å². The second kappa shape index (κ2) is 9.73. The van der Waals surface area contributed by atoms with E-state index in [0.29, 0.717) is 17.4 Å². The molecule has 4 rings (SSSR count). The molecule has 0 spiro atoms. The number of rotatable bonds is 7. The molecule has 9 heteroatoms. The monoisotopic (exact) mass is 495 g/mol. The molecule has 186 valence electrons. The van der Waals surface area contributed by atoms with Gasteiger partial charge in [-0.1, -0.05) is 26.8 Å². The summed E-state index contributed by atoms with van der Waals surface area (Å²) in [5, 5.41) is 3.23. The molecule has 2 aromatic carbocycles. The Morgan fingerprint density at radius 3 is 2.23 bits per heavy atom. The van der Waals surface area contributed by atoms with Crippen LogP contribution in [0.4, 0.5) is 23.1 Å². The van der Waals surface area contributed by atoms with Crippen molar-refractivity contribution in [2.45, 2.75) is 50.8 Å². The Hall–Kier alpha value is -3.33. The van der Waals surface area contributed by atoms with E-state index in [2.05, 4.69) is 24.9 Å². The van der Waals surface area contributed by atoms with Gasteiger partial charge in [-0.15, -0.1) is 0 Å². The van der Waals surface area contributed by atoms with Gasteiger partial charge in [-0.3, -0.25) is 4.72 Å². The van der Waals surface area contributed by atoms with Gasteiger partial charge in [-0.25, -0.2) is 13.4 Å². The van der Waals surface area contributed by atoms with Crippen molar-refractivity contribution < 1.29 is 13.2 Å². The first-order valence-electron chi connectivity index (χ1n) is 11.7. The highest BCUT2D eigenvalue weighted by Crippen LogP contribution is 2.32. The van der Waals surface area contributed by atoms with E-state index in [1.165, 1.54) is 20.0 Å². The van der Waals surface area contributed by atoms with Crippen molar-refractivity contribution >= 4 is 33.2 Å². The predicted molar refractivity (Wildman–Crippen MR) is 140 cm³/mol. The van der Waals surface area contributed by atoms with Crippen molar-refractivity contribution in [1.29, 1.82) is 0 Å². The molecule has 2 N–H and O–H groups in total. The van der Waals surface area contributed by atoms with Crippen LogP contribution in [0.1, 0.15) is 44.9 Å². The lowest BCUT2D eigenvalue weighted by atomic mass is 9.87. The number of benzene rings is 2. The molecule has 0 atom stereocenters. The Morgan fingerprint density at radius 2 is 1.60 bits per heavy atom. The summed E-state index contributed by atoms with van der Waals surface area (Å²) in [6, 6.07) is 14.3. The van der Waals surface area contributed by atoms with Crippen LogP contribution < -0.4 is 19.7 Å². The van der Waals surface area contributed by atoms with Crippen LogP contribution in [-0.4, -0.2) is 38.6 Å². The van der Waals surface area contributed by atoms with Gasteiger partial charge in [0, 0.05) is 36.2 Å². The topological polar surface area (TPSA) is 96.5 Å². The lowest BCUT2D eigenvalue weighted by molar-refractivity contribution is 0.402. The van der Waals surface area contributed by atoms with E-state index in [4.69, 9.17) is 4.74 Å². The molecule has 2 heterocycles. The summed E-state index contributed by atoms with van der Waals surface area (Å²) in [5.41, 5.74) is 2.81. The van der Waals surface area contributed by atoms with Gasteiger partial charge in [-0.05, 0) is 67.1 Å². The van der Waals surface area contributed by atoms with Crippen LogP contribution in [-0.2, 0) is 15.4 Å². The molecule has 1 aliphatic heterocycles. The van der Waals surface area contributed by atoms with E-state index >= 15 is 0 Å². The first kappa shape index (κ1) is 24.8. The highest BCUT2D eigenvalue weighted by Gasteiger charge is 2.24. The van der Waals surface area contributed by atoms with Crippen molar-refractivity contribution in [3.05, 3.63) is 59.8 Å². The summed E-state index contributed by atoms with van der Waals surface area (Å²) >= 11 is 0. The van der Waals surface area contributed by atoms with Gasteiger partial charge >= 0.3 is 0 Å². The summed E-state index contributed by atoms with van der Waals surface area (Å²) in [6.45, 7) is 10.1. The van der Waals surface area contributed by atoms with Gasteiger partial charge in [-0.2, -0.15) is 4.98 Å². The summed E-state index contributed by atoms with van der Waals surface area (Å²) in [7, 11) is -2.39. The number of aromatic nitrogens is 2. The molecule has 0 radical (unpaired) electrons. The smallest absolute Gasteiger partial charge is 0.265 e. The lowest BCUT2D eigenvalue weighted by Gasteiger charge is -2.21.